The van der Waals surface area contributed by atoms with E-state index in [1.807, 2.05) is 6.07 Å². The van der Waals surface area contributed by atoms with Crippen LogP contribution in [0.1, 0.15) is 75.6 Å². The molecule has 0 saturated heterocycles. The Bertz CT molecular complexity index is 1070. The molecule has 2 N–H and O–H groups in total. The summed E-state index contributed by atoms with van der Waals surface area (Å²) in [7, 11) is 0. The summed E-state index contributed by atoms with van der Waals surface area (Å²) in [6.45, 7) is 4.61. The zero-order chi connectivity index (χ0) is 22.1. The predicted molar refractivity (Wildman–Crippen MR) is 127 cm³/mol. The number of nitrogens with one attached hydrogen (secondary N) is 2. The van der Waals surface area contributed by atoms with Crippen LogP contribution in [-0.2, 0) is 16.6 Å². The van der Waals surface area contributed by atoms with E-state index < -0.39 is 5.41 Å². The highest BCUT2D eigenvalue weighted by Crippen LogP contribution is 2.45. The average Bonchev–Trinajstić information content (AvgIpc) is 3.45. The van der Waals surface area contributed by atoms with Crippen molar-refractivity contribution in [1.29, 1.82) is 0 Å². The van der Waals surface area contributed by atoms with Gasteiger partial charge in [-0.05, 0) is 67.2 Å². The molecular formula is C27H34N4O. The fourth-order valence-electron chi connectivity index (χ4n) is 6.18. The third-order valence-electron chi connectivity index (χ3n) is 7.56. The van der Waals surface area contributed by atoms with Gasteiger partial charge in [0.15, 0.2) is 5.65 Å². The number of rotatable bonds is 5. The Labute approximate surface area is 190 Å². The number of hydrogen-bond acceptors (Lipinski definition) is 3. The second-order valence-corrected chi connectivity index (χ2v) is 10.3. The van der Waals surface area contributed by atoms with Crippen molar-refractivity contribution in [1.82, 2.24) is 20.3 Å². The van der Waals surface area contributed by atoms with E-state index in [2.05, 4.69) is 64.4 Å². The molecule has 0 bridgehead atoms. The fourth-order valence-corrected chi connectivity index (χ4v) is 6.18. The largest absolute Gasteiger partial charge is 0.353 e. The van der Waals surface area contributed by atoms with Crippen LogP contribution in [0.25, 0.3) is 11.2 Å². The second kappa shape index (κ2) is 8.68. The molecule has 5 nitrogen and oxygen atoms in total. The van der Waals surface area contributed by atoms with E-state index in [4.69, 9.17) is 0 Å². The first-order valence-electron chi connectivity index (χ1n) is 12.2. The third kappa shape index (κ3) is 4.17. The number of aromatic amines is 1. The lowest BCUT2D eigenvalue weighted by Gasteiger charge is -2.42. The molecule has 3 aromatic rings. The minimum atomic E-state index is -0.412. The second-order valence-electron chi connectivity index (χ2n) is 10.3. The van der Waals surface area contributed by atoms with Crippen LogP contribution >= 0.6 is 0 Å². The molecule has 168 valence electrons. The summed E-state index contributed by atoms with van der Waals surface area (Å²) < 4.78 is 0. The Morgan fingerprint density at radius 1 is 1.06 bits per heavy atom. The molecule has 5 rings (SSSR count). The monoisotopic (exact) mass is 430 g/mol. The molecular weight excluding hydrogens is 396 g/mol. The molecule has 32 heavy (non-hydrogen) atoms. The number of fused-ring (bicyclic) bond motifs is 1. The maximum Gasteiger partial charge on any atom is 0.230 e. The first-order chi connectivity index (χ1) is 15.5. The third-order valence-corrected chi connectivity index (χ3v) is 7.56. The molecule has 2 aliphatic carbocycles. The minimum absolute atomic E-state index is 0.251. The lowest BCUT2D eigenvalue weighted by atomic mass is 9.62. The molecule has 0 aliphatic heterocycles. The lowest BCUT2D eigenvalue weighted by Crippen LogP contribution is -2.51. The minimum Gasteiger partial charge on any atom is -0.353 e. The molecule has 5 heteroatoms. The number of benzene rings is 1. The first-order valence-corrected chi connectivity index (χ1v) is 12.2. The van der Waals surface area contributed by atoms with Gasteiger partial charge in [-0.15, -0.1) is 0 Å². The van der Waals surface area contributed by atoms with Crippen LogP contribution in [-0.4, -0.2) is 26.9 Å². The quantitative estimate of drug-likeness (QED) is 0.577. The molecule has 1 aromatic carbocycles. The van der Waals surface area contributed by atoms with Crippen molar-refractivity contribution in [3.8, 4) is 0 Å². The van der Waals surface area contributed by atoms with Crippen LogP contribution in [0.3, 0.4) is 0 Å². The van der Waals surface area contributed by atoms with E-state index in [9.17, 15) is 4.79 Å². The molecule has 0 radical (unpaired) electrons. The van der Waals surface area contributed by atoms with Gasteiger partial charge in [-0.2, -0.15) is 0 Å². The van der Waals surface area contributed by atoms with Crippen molar-refractivity contribution in [3.63, 3.8) is 0 Å². The highest BCUT2D eigenvalue weighted by atomic mass is 16.2. The highest BCUT2D eigenvalue weighted by Gasteiger charge is 2.46. The Kier molecular flexibility index (Phi) is 5.75. The topological polar surface area (TPSA) is 70.7 Å². The number of aromatic nitrogens is 3. The van der Waals surface area contributed by atoms with Crippen LogP contribution in [0.2, 0.25) is 0 Å². The van der Waals surface area contributed by atoms with E-state index in [1.165, 1.54) is 30.4 Å². The number of hydrogen-bond donors (Lipinski definition) is 2. The van der Waals surface area contributed by atoms with Crippen LogP contribution in [0.15, 0.2) is 42.7 Å². The number of H-pyrrole nitrogens is 1. The zero-order valence-electron chi connectivity index (χ0n) is 19.2. The predicted octanol–water partition coefficient (Wildman–Crippen LogP) is 5.30. The number of carbonyl (C=O) groups is 1. The normalized spacial score (nSPS) is 26.4. The number of carbonyl (C=O) groups excluding carboxylic acids is 1. The van der Waals surface area contributed by atoms with Crippen molar-refractivity contribution in [2.45, 2.75) is 76.7 Å². The molecule has 2 saturated carbocycles. The van der Waals surface area contributed by atoms with Gasteiger partial charge >= 0.3 is 0 Å². The standard InChI is InChI=1S/C27H34N4O/c1-18-13-19(2)16-27(15-18,26(32)31-22-5-3-4-6-22)21-9-7-20(8-10-21)14-23-11-12-24-25(30-23)29-17-28-24/h7-12,17-19,22H,3-6,13-16H2,1-2H3,(H,31,32)(H,28,29,30). The fraction of sp³-hybridized carbons (Fsp3) is 0.519. The summed E-state index contributed by atoms with van der Waals surface area (Å²) in [5.41, 5.74) is 4.69. The van der Waals surface area contributed by atoms with Gasteiger partial charge in [0.05, 0.1) is 17.3 Å². The summed E-state index contributed by atoms with van der Waals surface area (Å²) in [4.78, 5) is 25.7. The van der Waals surface area contributed by atoms with E-state index >= 15 is 0 Å². The Morgan fingerprint density at radius 3 is 2.50 bits per heavy atom. The molecule has 2 aromatic heterocycles. The van der Waals surface area contributed by atoms with Gasteiger partial charge in [-0.1, -0.05) is 51.0 Å². The van der Waals surface area contributed by atoms with E-state index in [-0.39, 0.29) is 5.91 Å². The highest BCUT2D eigenvalue weighted by molar-refractivity contribution is 5.88. The van der Waals surface area contributed by atoms with Crippen LogP contribution < -0.4 is 5.32 Å². The summed E-state index contributed by atoms with van der Waals surface area (Å²) in [5, 5.41) is 3.44. The van der Waals surface area contributed by atoms with Crippen molar-refractivity contribution in [2.24, 2.45) is 11.8 Å². The Morgan fingerprint density at radius 2 is 1.78 bits per heavy atom. The number of imidazole rings is 1. The van der Waals surface area contributed by atoms with Crippen LogP contribution in [0, 0.1) is 11.8 Å². The van der Waals surface area contributed by atoms with E-state index in [1.54, 1.807) is 6.33 Å². The molecule has 2 fully saturated rings. The molecule has 2 aliphatic rings. The van der Waals surface area contributed by atoms with Crippen LogP contribution in [0.5, 0.6) is 0 Å². The van der Waals surface area contributed by atoms with E-state index in [0.29, 0.717) is 17.9 Å². The van der Waals surface area contributed by atoms with Crippen molar-refractivity contribution < 1.29 is 4.79 Å². The Hall–Kier alpha value is -2.69. The maximum absolute atomic E-state index is 13.7. The lowest BCUT2D eigenvalue weighted by molar-refractivity contribution is -0.130. The number of amides is 1. The smallest absolute Gasteiger partial charge is 0.230 e. The van der Waals surface area contributed by atoms with Gasteiger partial charge in [0.2, 0.25) is 5.91 Å². The zero-order valence-corrected chi connectivity index (χ0v) is 19.2. The first kappa shape index (κ1) is 21.2. The van der Waals surface area contributed by atoms with Crippen molar-refractivity contribution >= 4 is 17.1 Å². The van der Waals surface area contributed by atoms with Gasteiger partial charge in [0.1, 0.15) is 0 Å². The summed E-state index contributed by atoms with van der Waals surface area (Å²) >= 11 is 0. The summed E-state index contributed by atoms with van der Waals surface area (Å²) in [5.74, 6) is 1.36. The maximum atomic E-state index is 13.7. The van der Waals surface area contributed by atoms with Gasteiger partial charge in [-0.25, -0.2) is 9.97 Å². The Balaban J connectivity index is 1.40. The number of nitrogens with zero attached hydrogens (tertiary/aromatic N) is 2. The van der Waals surface area contributed by atoms with Crippen LogP contribution in [0.4, 0.5) is 0 Å². The molecule has 0 spiro atoms. The molecule has 2 heterocycles. The average molecular weight is 431 g/mol. The van der Waals surface area contributed by atoms with Crippen molar-refractivity contribution in [3.05, 3.63) is 59.5 Å². The van der Waals surface area contributed by atoms with E-state index in [0.717, 1.165) is 49.0 Å². The summed E-state index contributed by atoms with van der Waals surface area (Å²) in [6, 6.07) is 13.2. The van der Waals surface area contributed by atoms with Crippen molar-refractivity contribution in [2.75, 3.05) is 0 Å². The molecule has 2 atom stereocenters. The number of pyridine rings is 1. The van der Waals surface area contributed by atoms with Gasteiger partial charge in [0.25, 0.3) is 0 Å². The molecule has 2 unspecified atom stereocenters. The van der Waals surface area contributed by atoms with Gasteiger partial charge < -0.3 is 10.3 Å². The van der Waals surface area contributed by atoms with Gasteiger partial charge in [-0.3, -0.25) is 4.79 Å². The SMILES string of the molecule is CC1CC(C)CC(C(=O)NC2CCCC2)(c2ccc(Cc3ccc4[nH]cnc4n3)cc2)C1. The molecule has 1 amide bonds. The van der Waals surface area contributed by atoms with Gasteiger partial charge in [0, 0.05) is 18.2 Å². The summed E-state index contributed by atoms with van der Waals surface area (Å²) in [6.07, 6.45) is 10.2.